The quantitative estimate of drug-likeness (QED) is 0.591. The van der Waals surface area contributed by atoms with Crippen molar-refractivity contribution in [2.24, 2.45) is 11.8 Å². The van der Waals surface area contributed by atoms with Gasteiger partial charge in [-0.05, 0) is 6.92 Å². The van der Waals surface area contributed by atoms with Crippen LogP contribution in [-0.4, -0.2) is 29.3 Å². The molecule has 3 atom stereocenters. The van der Waals surface area contributed by atoms with Crippen molar-refractivity contribution in [3.05, 3.63) is 12.2 Å². The predicted molar refractivity (Wildman–Crippen MR) is 47.9 cm³/mol. The van der Waals surface area contributed by atoms with Crippen molar-refractivity contribution in [3.63, 3.8) is 0 Å². The standard InChI is InChI=1S/C10H13F2NO/c1-5(2)9-8-7(10(8,11)12)4-13(9)6(3)14/h7-9H,1,4H2,2-3H3/t7-,8-,9+/m0/s1. The van der Waals surface area contributed by atoms with Gasteiger partial charge in [-0.25, -0.2) is 8.78 Å². The number of alkyl halides is 2. The van der Waals surface area contributed by atoms with Crippen LogP contribution in [0.3, 0.4) is 0 Å². The molecule has 0 aromatic heterocycles. The fourth-order valence-electron chi connectivity index (χ4n) is 2.50. The second kappa shape index (κ2) is 2.55. The highest BCUT2D eigenvalue weighted by Crippen LogP contribution is 2.63. The number of amides is 1. The average Bonchev–Trinajstić information content (AvgIpc) is 2.47. The van der Waals surface area contributed by atoms with Gasteiger partial charge in [0.2, 0.25) is 5.91 Å². The highest BCUT2D eigenvalue weighted by atomic mass is 19.3. The van der Waals surface area contributed by atoms with E-state index in [0.717, 1.165) is 0 Å². The Balaban J connectivity index is 2.23. The number of piperidine rings is 1. The van der Waals surface area contributed by atoms with Crippen molar-refractivity contribution in [3.8, 4) is 0 Å². The van der Waals surface area contributed by atoms with E-state index >= 15 is 0 Å². The zero-order valence-corrected chi connectivity index (χ0v) is 8.26. The lowest BCUT2D eigenvalue weighted by atomic mass is 10.1. The Bertz CT molecular complexity index is 313. The zero-order chi connectivity index (χ0) is 10.7. The minimum Gasteiger partial charge on any atom is -0.335 e. The van der Waals surface area contributed by atoms with E-state index < -0.39 is 23.8 Å². The molecule has 1 aliphatic carbocycles. The highest BCUT2D eigenvalue weighted by Gasteiger charge is 2.76. The molecule has 1 amide bonds. The molecule has 2 aliphatic rings. The van der Waals surface area contributed by atoms with E-state index in [2.05, 4.69) is 6.58 Å². The molecular weight excluding hydrogens is 188 g/mol. The normalized spacial score (nSPS) is 38.0. The second-order valence-electron chi connectivity index (χ2n) is 4.27. The molecule has 2 nitrogen and oxygen atoms in total. The Morgan fingerprint density at radius 3 is 2.50 bits per heavy atom. The highest BCUT2D eigenvalue weighted by molar-refractivity contribution is 5.75. The van der Waals surface area contributed by atoms with Gasteiger partial charge >= 0.3 is 0 Å². The van der Waals surface area contributed by atoms with Gasteiger partial charge in [0.25, 0.3) is 5.92 Å². The minimum absolute atomic E-state index is 0.138. The van der Waals surface area contributed by atoms with Gasteiger partial charge in [0.1, 0.15) is 0 Å². The average molecular weight is 201 g/mol. The Labute approximate surface area is 81.6 Å². The molecule has 0 unspecified atom stereocenters. The molecule has 4 heteroatoms. The van der Waals surface area contributed by atoms with Crippen molar-refractivity contribution >= 4 is 5.91 Å². The maximum absolute atomic E-state index is 13.1. The van der Waals surface area contributed by atoms with Crippen LogP contribution in [-0.2, 0) is 4.79 Å². The van der Waals surface area contributed by atoms with E-state index in [9.17, 15) is 13.6 Å². The smallest absolute Gasteiger partial charge is 0.258 e. The summed E-state index contributed by atoms with van der Waals surface area (Å²) in [5, 5.41) is 0. The van der Waals surface area contributed by atoms with Crippen molar-refractivity contribution in [1.29, 1.82) is 0 Å². The topological polar surface area (TPSA) is 20.3 Å². The second-order valence-corrected chi connectivity index (χ2v) is 4.27. The third kappa shape index (κ3) is 1.03. The third-order valence-corrected chi connectivity index (χ3v) is 3.24. The number of halogens is 2. The first-order chi connectivity index (χ1) is 6.37. The lowest BCUT2D eigenvalue weighted by Crippen LogP contribution is -2.40. The van der Waals surface area contributed by atoms with Crippen molar-refractivity contribution in [2.45, 2.75) is 25.8 Å². The molecular formula is C10H13F2NO. The van der Waals surface area contributed by atoms with Gasteiger partial charge in [-0.15, -0.1) is 0 Å². The van der Waals surface area contributed by atoms with Crippen molar-refractivity contribution in [2.75, 3.05) is 6.54 Å². The number of carbonyl (C=O) groups excluding carboxylic acids is 1. The molecule has 0 bridgehead atoms. The molecule has 14 heavy (non-hydrogen) atoms. The minimum atomic E-state index is -2.57. The van der Waals surface area contributed by atoms with Crippen molar-refractivity contribution in [1.82, 2.24) is 4.90 Å². The molecule has 2 fully saturated rings. The van der Waals surface area contributed by atoms with Crippen LogP contribution in [0.25, 0.3) is 0 Å². The molecule has 1 heterocycles. The summed E-state index contributed by atoms with van der Waals surface area (Å²) in [4.78, 5) is 12.7. The molecule has 0 aromatic carbocycles. The van der Waals surface area contributed by atoms with Crippen molar-refractivity contribution < 1.29 is 13.6 Å². The Morgan fingerprint density at radius 2 is 2.07 bits per heavy atom. The van der Waals surface area contributed by atoms with Gasteiger partial charge in [0.05, 0.1) is 17.9 Å². The number of carbonyl (C=O) groups is 1. The van der Waals surface area contributed by atoms with E-state index in [-0.39, 0.29) is 12.5 Å². The van der Waals surface area contributed by atoms with Crippen LogP contribution in [0.2, 0.25) is 0 Å². The Hall–Kier alpha value is -0.930. The SMILES string of the molecule is C=C(C)[C@@H]1[C@@H]2[C@H](CN1C(C)=O)C2(F)F. The molecule has 78 valence electrons. The molecule has 2 rings (SSSR count). The van der Waals surface area contributed by atoms with E-state index in [0.29, 0.717) is 5.57 Å². The maximum Gasteiger partial charge on any atom is 0.258 e. The number of fused-ring (bicyclic) bond motifs is 1. The zero-order valence-electron chi connectivity index (χ0n) is 8.26. The Kier molecular flexibility index (Phi) is 1.75. The summed E-state index contributed by atoms with van der Waals surface area (Å²) >= 11 is 0. The van der Waals surface area contributed by atoms with Crippen LogP contribution in [0.15, 0.2) is 12.2 Å². The van der Waals surface area contributed by atoms with E-state index in [1.54, 1.807) is 6.92 Å². The van der Waals surface area contributed by atoms with Crippen LogP contribution < -0.4 is 0 Å². The molecule has 0 aromatic rings. The summed E-state index contributed by atoms with van der Waals surface area (Å²) < 4.78 is 26.2. The largest absolute Gasteiger partial charge is 0.335 e. The summed E-state index contributed by atoms with van der Waals surface area (Å²) in [6, 6.07) is -0.451. The molecule has 0 spiro atoms. The van der Waals surface area contributed by atoms with Crippen LogP contribution in [0.4, 0.5) is 8.78 Å². The van der Waals surface area contributed by atoms with E-state index in [4.69, 9.17) is 0 Å². The number of hydrogen-bond acceptors (Lipinski definition) is 1. The lowest BCUT2D eigenvalue weighted by Gasteiger charge is -2.28. The summed E-state index contributed by atoms with van der Waals surface area (Å²) in [5.74, 6) is -4.02. The first kappa shape index (κ1) is 9.62. The van der Waals surface area contributed by atoms with Crippen LogP contribution in [0.1, 0.15) is 13.8 Å². The number of nitrogens with zero attached hydrogens (tertiary/aromatic N) is 1. The van der Waals surface area contributed by atoms with Gasteiger partial charge in [-0.2, -0.15) is 0 Å². The fourth-order valence-corrected chi connectivity index (χ4v) is 2.50. The fraction of sp³-hybridized carbons (Fsp3) is 0.700. The molecule has 0 N–H and O–H groups in total. The van der Waals surface area contributed by atoms with Crippen LogP contribution in [0.5, 0.6) is 0 Å². The predicted octanol–water partition coefficient (Wildman–Crippen LogP) is 1.67. The first-order valence-electron chi connectivity index (χ1n) is 4.67. The number of hydrogen-bond donors (Lipinski definition) is 0. The summed E-state index contributed by atoms with van der Waals surface area (Å²) in [6.45, 7) is 6.99. The van der Waals surface area contributed by atoms with Gasteiger partial charge in [0.15, 0.2) is 0 Å². The van der Waals surface area contributed by atoms with E-state index in [1.165, 1.54) is 11.8 Å². The molecule has 1 saturated carbocycles. The van der Waals surface area contributed by atoms with Crippen LogP contribution >= 0.6 is 0 Å². The monoisotopic (exact) mass is 201 g/mol. The molecule has 1 saturated heterocycles. The van der Waals surface area contributed by atoms with Gasteiger partial charge in [-0.3, -0.25) is 4.79 Å². The van der Waals surface area contributed by atoms with Gasteiger partial charge in [-0.1, -0.05) is 12.2 Å². The summed E-state index contributed by atoms with van der Waals surface area (Å²) in [5.41, 5.74) is 0.657. The summed E-state index contributed by atoms with van der Waals surface area (Å²) in [7, 11) is 0. The van der Waals surface area contributed by atoms with Crippen LogP contribution in [0, 0.1) is 11.8 Å². The third-order valence-electron chi connectivity index (χ3n) is 3.24. The first-order valence-corrected chi connectivity index (χ1v) is 4.67. The van der Waals surface area contributed by atoms with E-state index in [1.807, 2.05) is 0 Å². The maximum atomic E-state index is 13.1. The molecule has 1 aliphatic heterocycles. The molecule has 0 radical (unpaired) electrons. The summed E-state index contributed by atoms with van der Waals surface area (Å²) in [6.07, 6.45) is 0. The Morgan fingerprint density at radius 1 is 1.50 bits per heavy atom. The van der Waals surface area contributed by atoms with Gasteiger partial charge < -0.3 is 4.90 Å². The number of likely N-dealkylation sites (tertiary alicyclic amines) is 1. The lowest BCUT2D eigenvalue weighted by molar-refractivity contribution is -0.131. The van der Waals surface area contributed by atoms with Gasteiger partial charge in [0, 0.05) is 13.5 Å². The number of rotatable bonds is 1.